The molecule has 18 heavy (non-hydrogen) atoms. The van der Waals surface area contributed by atoms with Crippen molar-refractivity contribution in [1.29, 1.82) is 0 Å². The molecule has 6 heteroatoms. The monoisotopic (exact) mass is 260 g/mol. The second-order valence-corrected chi connectivity index (χ2v) is 4.21. The molecular weight excluding hydrogens is 246 g/mol. The Morgan fingerprint density at radius 2 is 2.00 bits per heavy atom. The van der Waals surface area contributed by atoms with Crippen LogP contribution in [0.4, 0.5) is 8.78 Å². The average molecular weight is 260 g/mol. The standard InChI is InChI=1S/C12H14F2O4/c1-12(10(13)14,11(17)18-2)6-7-3-4-8(15)9(16)5-7/h3-5,10,15-16H,6H2,1-2H3. The van der Waals surface area contributed by atoms with E-state index in [-0.39, 0.29) is 12.2 Å². The van der Waals surface area contributed by atoms with Gasteiger partial charge in [-0.15, -0.1) is 0 Å². The summed E-state index contributed by atoms with van der Waals surface area (Å²) in [5.74, 6) is -1.80. The van der Waals surface area contributed by atoms with Crippen molar-refractivity contribution in [3.63, 3.8) is 0 Å². The van der Waals surface area contributed by atoms with Gasteiger partial charge in [-0.2, -0.15) is 0 Å². The summed E-state index contributed by atoms with van der Waals surface area (Å²) >= 11 is 0. The topological polar surface area (TPSA) is 66.8 Å². The number of esters is 1. The van der Waals surface area contributed by atoms with Gasteiger partial charge in [-0.05, 0) is 31.0 Å². The second kappa shape index (κ2) is 5.20. The minimum absolute atomic E-state index is 0.300. The van der Waals surface area contributed by atoms with E-state index in [1.165, 1.54) is 12.1 Å². The Morgan fingerprint density at radius 1 is 1.39 bits per heavy atom. The quantitative estimate of drug-likeness (QED) is 0.642. The van der Waals surface area contributed by atoms with Crippen LogP contribution < -0.4 is 0 Å². The molecule has 100 valence electrons. The molecule has 1 unspecified atom stereocenters. The summed E-state index contributed by atoms with van der Waals surface area (Å²) in [5.41, 5.74) is -1.68. The van der Waals surface area contributed by atoms with Gasteiger partial charge in [0.1, 0.15) is 5.41 Å². The van der Waals surface area contributed by atoms with Crippen LogP contribution in [0, 0.1) is 5.41 Å². The number of alkyl halides is 2. The highest BCUT2D eigenvalue weighted by molar-refractivity contribution is 5.77. The fraction of sp³-hybridized carbons (Fsp3) is 0.417. The molecule has 1 aromatic carbocycles. The van der Waals surface area contributed by atoms with Gasteiger partial charge >= 0.3 is 5.97 Å². The number of phenolic OH excluding ortho intramolecular Hbond substituents is 2. The van der Waals surface area contributed by atoms with Crippen LogP contribution in [-0.4, -0.2) is 29.7 Å². The van der Waals surface area contributed by atoms with Crippen molar-refractivity contribution in [2.75, 3.05) is 7.11 Å². The predicted molar refractivity (Wildman–Crippen MR) is 59.6 cm³/mol. The number of halogens is 2. The SMILES string of the molecule is COC(=O)C(C)(Cc1ccc(O)c(O)c1)C(F)F. The van der Waals surface area contributed by atoms with Crippen LogP contribution in [0.25, 0.3) is 0 Å². The number of benzene rings is 1. The molecule has 0 fully saturated rings. The molecule has 0 bridgehead atoms. The van der Waals surface area contributed by atoms with Crippen molar-refractivity contribution < 1.29 is 28.5 Å². The molecular formula is C12H14F2O4. The van der Waals surface area contributed by atoms with Crippen molar-refractivity contribution in [3.05, 3.63) is 23.8 Å². The molecule has 0 aliphatic carbocycles. The van der Waals surface area contributed by atoms with Crippen molar-refractivity contribution in [2.24, 2.45) is 5.41 Å². The fourth-order valence-electron chi connectivity index (χ4n) is 1.57. The Labute approximate surface area is 103 Å². The smallest absolute Gasteiger partial charge is 0.317 e. The number of methoxy groups -OCH3 is 1. The molecule has 0 heterocycles. The van der Waals surface area contributed by atoms with Gasteiger partial charge in [-0.3, -0.25) is 4.79 Å². The zero-order valence-corrected chi connectivity index (χ0v) is 9.98. The molecule has 1 rings (SSSR count). The van der Waals surface area contributed by atoms with Gasteiger partial charge in [-0.1, -0.05) is 6.07 Å². The largest absolute Gasteiger partial charge is 0.504 e. The van der Waals surface area contributed by atoms with Crippen LogP contribution in [0.5, 0.6) is 11.5 Å². The number of carbonyl (C=O) groups excluding carboxylic acids is 1. The van der Waals surface area contributed by atoms with Gasteiger partial charge in [0.15, 0.2) is 11.5 Å². The Balaban J connectivity index is 3.04. The summed E-state index contributed by atoms with van der Waals surface area (Å²) in [7, 11) is 1.04. The Hall–Kier alpha value is -1.85. The van der Waals surface area contributed by atoms with Crippen LogP contribution in [0.2, 0.25) is 0 Å². The van der Waals surface area contributed by atoms with E-state index in [1.807, 2.05) is 0 Å². The molecule has 0 saturated carbocycles. The molecule has 1 atom stereocenters. The van der Waals surface area contributed by atoms with E-state index in [1.54, 1.807) is 0 Å². The lowest BCUT2D eigenvalue weighted by atomic mass is 9.84. The third-order valence-electron chi connectivity index (χ3n) is 2.74. The first-order chi connectivity index (χ1) is 8.31. The first-order valence-electron chi connectivity index (χ1n) is 5.18. The lowest BCUT2D eigenvalue weighted by Crippen LogP contribution is -2.38. The highest BCUT2D eigenvalue weighted by Crippen LogP contribution is 2.34. The first kappa shape index (κ1) is 14.2. The number of aromatic hydroxyl groups is 2. The van der Waals surface area contributed by atoms with Crippen LogP contribution in [0.15, 0.2) is 18.2 Å². The maximum absolute atomic E-state index is 13.0. The van der Waals surface area contributed by atoms with Crippen LogP contribution >= 0.6 is 0 Å². The maximum atomic E-state index is 13.0. The number of hydrogen-bond donors (Lipinski definition) is 2. The van der Waals surface area contributed by atoms with E-state index >= 15 is 0 Å². The van der Waals surface area contributed by atoms with E-state index in [0.29, 0.717) is 5.56 Å². The first-order valence-corrected chi connectivity index (χ1v) is 5.18. The highest BCUT2D eigenvalue weighted by atomic mass is 19.3. The van der Waals surface area contributed by atoms with Gasteiger partial charge in [0.2, 0.25) is 0 Å². The summed E-state index contributed by atoms with van der Waals surface area (Å²) in [6.45, 7) is 1.09. The summed E-state index contributed by atoms with van der Waals surface area (Å²) in [4.78, 5) is 11.4. The molecule has 0 aliphatic heterocycles. The molecule has 0 aromatic heterocycles. The molecule has 4 nitrogen and oxygen atoms in total. The molecule has 2 N–H and O–H groups in total. The minimum atomic E-state index is -2.90. The lowest BCUT2D eigenvalue weighted by Gasteiger charge is -2.25. The summed E-state index contributed by atoms with van der Waals surface area (Å²) in [6, 6.07) is 3.67. The number of phenols is 2. The third-order valence-corrected chi connectivity index (χ3v) is 2.74. The fourth-order valence-corrected chi connectivity index (χ4v) is 1.57. The predicted octanol–water partition coefficient (Wildman–Crippen LogP) is 2.08. The minimum Gasteiger partial charge on any atom is -0.504 e. The van der Waals surface area contributed by atoms with Gasteiger partial charge in [0, 0.05) is 0 Å². The summed E-state index contributed by atoms with van der Waals surface area (Å²) in [5, 5.41) is 18.4. The Bertz CT molecular complexity index is 448. The van der Waals surface area contributed by atoms with Crippen molar-refractivity contribution in [2.45, 2.75) is 19.8 Å². The highest BCUT2D eigenvalue weighted by Gasteiger charge is 2.44. The number of carbonyl (C=O) groups is 1. The summed E-state index contributed by atoms with van der Waals surface area (Å²) < 4.78 is 30.3. The molecule has 0 amide bonds. The number of ether oxygens (including phenoxy) is 1. The normalized spacial score (nSPS) is 14.3. The van der Waals surface area contributed by atoms with E-state index in [4.69, 9.17) is 5.11 Å². The van der Waals surface area contributed by atoms with E-state index in [0.717, 1.165) is 20.1 Å². The Morgan fingerprint density at radius 3 is 2.44 bits per heavy atom. The van der Waals surface area contributed by atoms with Gasteiger partial charge in [-0.25, -0.2) is 8.78 Å². The van der Waals surface area contributed by atoms with Crippen LogP contribution in [0.3, 0.4) is 0 Å². The van der Waals surface area contributed by atoms with Crippen molar-refractivity contribution >= 4 is 5.97 Å². The van der Waals surface area contributed by atoms with E-state index in [9.17, 15) is 18.7 Å². The zero-order valence-electron chi connectivity index (χ0n) is 9.98. The van der Waals surface area contributed by atoms with Gasteiger partial charge in [0.25, 0.3) is 6.43 Å². The van der Waals surface area contributed by atoms with E-state index in [2.05, 4.69) is 4.74 Å². The third kappa shape index (κ3) is 2.69. The van der Waals surface area contributed by atoms with Gasteiger partial charge in [0.05, 0.1) is 7.11 Å². The molecule has 0 aliphatic rings. The molecule has 0 radical (unpaired) electrons. The summed E-state index contributed by atoms with van der Waals surface area (Å²) in [6.07, 6.45) is -3.20. The zero-order chi connectivity index (χ0) is 13.9. The van der Waals surface area contributed by atoms with Crippen LogP contribution in [0.1, 0.15) is 12.5 Å². The average Bonchev–Trinajstić information content (AvgIpc) is 2.32. The van der Waals surface area contributed by atoms with Crippen molar-refractivity contribution in [3.8, 4) is 11.5 Å². The number of hydrogen-bond acceptors (Lipinski definition) is 4. The Kier molecular flexibility index (Phi) is 4.11. The maximum Gasteiger partial charge on any atom is 0.317 e. The molecule has 0 spiro atoms. The lowest BCUT2D eigenvalue weighted by molar-refractivity contribution is -0.161. The van der Waals surface area contributed by atoms with Crippen LogP contribution in [-0.2, 0) is 16.0 Å². The van der Waals surface area contributed by atoms with Gasteiger partial charge < -0.3 is 14.9 Å². The molecule has 0 saturated heterocycles. The van der Waals surface area contributed by atoms with E-state index < -0.39 is 23.6 Å². The van der Waals surface area contributed by atoms with Crippen molar-refractivity contribution in [1.82, 2.24) is 0 Å². The molecule has 1 aromatic rings. The second-order valence-electron chi connectivity index (χ2n) is 4.21. The number of rotatable bonds is 4.